The molecule has 60 valence electrons. The van der Waals surface area contributed by atoms with Crippen molar-refractivity contribution in [1.82, 2.24) is 5.48 Å². The zero-order valence-electron chi connectivity index (χ0n) is 6.14. The molecule has 4 heteroatoms. The van der Waals surface area contributed by atoms with E-state index in [1.165, 1.54) is 0 Å². The van der Waals surface area contributed by atoms with Gasteiger partial charge in [0, 0.05) is 12.1 Å². The Morgan fingerprint density at radius 3 is 2.50 bits per heavy atom. The van der Waals surface area contributed by atoms with Crippen molar-refractivity contribution in [3.8, 4) is 0 Å². The monoisotopic (exact) mass is 165 g/mol. The van der Waals surface area contributed by atoms with Gasteiger partial charge in [0.1, 0.15) is 0 Å². The Morgan fingerprint density at radius 2 is 2.20 bits per heavy atom. The molecule has 0 bridgehead atoms. The number of carbonyl (C=O) groups is 1. The summed E-state index contributed by atoms with van der Waals surface area (Å²) < 4.78 is 0. The van der Waals surface area contributed by atoms with Gasteiger partial charge in [-0.1, -0.05) is 6.58 Å². The maximum Gasteiger partial charge on any atom is 0.351 e. The largest absolute Gasteiger partial charge is 0.367 e. The Labute approximate surface area is 66.8 Å². The summed E-state index contributed by atoms with van der Waals surface area (Å²) in [6.07, 6.45) is 0. The molecule has 0 unspecified atom stereocenters. The highest BCUT2D eigenvalue weighted by molar-refractivity contribution is 5.86. The van der Waals surface area contributed by atoms with Gasteiger partial charge < -0.3 is 4.84 Å². The average Bonchev–Trinajstić information content (AvgIpc) is 1.82. The Kier molecular flexibility index (Phi) is 8.00. The highest BCUT2D eigenvalue weighted by Gasteiger charge is 1.99. The quantitative estimate of drug-likeness (QED) is 0.502. The standard InChI is InChI=1S/C6H11NO2.ClH/c1-4-7-9-6(8)5(2)3;/h7H,2,4H2,1,3H3;1H. The van der Waals surface area contributed by atoms with E-state index in [1.807, 2.05) is 6.92 Å². The van der Waals surface area contributed by atoms with Crippen LogP contribution < -0.4 is 5.48 Å². The first-order valence-electron chi connectivity index (χ1n) is 2.78. The fraction of sp³-hybridized carbons (Fsp3) is 0.500. The van der Waals surface area contributed by atoms with Crippen LogP contribution in [-0.4, -0.2) is 12.5 Å². The van der Waals surface area contributed by atoms with Crippen molar-refractivity contribution in [3.05, 3.63) is 12.2 Å². The summed E-state index contributed by atoms with van der Waals surface area (Å²) in [5.74, 6) is -0.406. The van der Waals surface area contributed by atoms with E-state index < -0.39 is 5.97 Å². The van der Waals surface area contributed by atoms with Gasteiger partial charge in [0.2, 0.25) is 0 Å². The van der Waals surface area contributed by atoms with Crippen LogP contribution in [0.5, 0.6) is 0 Å². The summed E-state index contributed by atoms with van der Waals surface area (Å²) in [5.41, 5.74) is 2.82. The van der Waals surface area contributed by atoms with Crippen molar-refractivity contribution in [1.29, 1.82) is 0 Å². The molecule has 3 nitrogen and oxygen atoms in total. The minimum atomic E-state index is -0.406. The van der Waals surface area contributed by atoms with Crippen LogP contribution in [0.4, 0.5) is 0 Å². The number of nitrogens with one attached hydrogen (secondary N) is 1. The lowest BCUT2D eigenvalue weighted by atomic mass is 10.4. The van der Waals surface area contributed by atoms with Crippen LogP contribution in [0.1, 0.15) is 13.8 Å². The number of carbonyl (C=O) groups excluding carboxylic acids is 1. The molecule has 0 aliphatic heterocycles. The van der Waals surface area contributed by atoms with Crippen LogP contribution in [0.15, 0.2) is 12.2 Å². The molecule has 0 aromatic heterocycles. The molecule has 0 saturated heterocycles. The summed E-state index contributed by atoms with van der Waals surface area (Å²) in [4.78, 5) is 15.0. The zero-order chi connectivity index (χ0) is 7.28. The molecule has 1 N–H and O–H groups in total. The van der Waals surface area contributed by atoms with Crippen molar-refractivity contribution >= 4 is 18.4 Å². The first-order valence-corrected chi connectivity index (χ1v) is 2.78. The maximum atomic E-state index is 10.5. The maximum absolute atomic E-state index is 10.5. The van der Waals surface area contributed by atoms with Gasteiger partial charge in [0.15, 0.2) is 0 Å². The lowest BCUT2D eigenvalue weighted by Gasteiger charge is -2.00. The molecular formula is C6H12ClNO2. The molecule has 0 aliphatic carbocycles. The van der Waals surface area contributed by atoms with Gasteiger partial charge in [-0.05, 0) is 13.8 Å². The van der Waals surface area contributed by atoms with Gasteiger partial charge in [0.05, 0.1) is 0 Å². The lowest BCUT2D eigenvalue weighted by molar-refractivity contribution is -0.145. The number of halogens is 1. The predicted molar refractivity (Wildman–Crippen MR) is 41.8 cm³/mol. The SMILES string of the molecule is C=C(C)C(=O)ONCC.Cl. The summed E-state index contributed by atoms with van der Waals surface area (Å²) in [5, 5.41) is 0. The molecule has 0 heterocycles. The third-order valence-electron chi connectivity index (χ3n) is 0.658. The van der Waals surface area contributed by atoms with Crippen molar-refractivity contribution in [2.45, 2.75) is 13.8 Å². The van der Waals surface area contributed by atoms with Crippen LogP contribution in [0.25, 0.3) is 0 Å². The second kappa shape index (κ2) is 6.58. The molecule has 0 aliphatic rings. The smallest absolute Gasteiger partial charge is 0.351 e. The second-order valence-corrected chi connectivity index (χ2v) is 1.67. The van der Waals surface area contributed by atoms with Gasteiger partial charge in [-0.25, -0.2) is 4.79 Å². The molecule has 0 spiro atoms. The van der Waals surface area contributed by atoms with Crippen molar-refractivity contribution in [2.24, 2.45) is 0 Å². The predicted octanol–water partition coefficient (Wildman–Crippen LogP) is 1.05. The second-order valence-electron chi connectivity index (χ2n) is 1.67. The highest BCUT2D eigenvalue weighted by atomic mass is 35.5. The minimum absolute atomic E-state index is 0. The molecule has 0 radical (unpaired) electrons. The van der Waals surface area contributed by atoms with E-state index in [1.54, 1.807) is 6.92 Å². The fourth-order valence-electron chi connectivity index (χ4n) is 0.225. The number of hydrogen-bond donors (Lipinski definition) is 1. The third kappa shape index (κ3) is 5.59. The summed E-state index contributed by atoms with van der Waals surface area (Å²) in [6.45, 7) is 7.44. The van der Waals surface area contributed by atoms with Crippen LogP contribution in [0, 0.1) is 0 Å². The first kappa shape index (κ1) is 12.2. The minimum Gasteiger partial charge on any atom is -0.367 e. The van der Waals surface area contributed by atoms with E-state index in [9.17, 15) is 4.79 Å². The van der Waals surface area contributed by atoms with E-state index in [4.69, 9.17) is 0 Å². The van der Waals surface area contributed by atoms with E-state index in [2.05, 4.69) is 16.9 Å². The van der Waals surface area contributed by atoms with Gasteiger partial charge in [-0.15, -0.1) is 12.4 Å². The molecule has 0 rings (SSSR count). The Balaban J connectivity index is 0. The molecule has 0 saturated carbocycles. The topological polar surface area (TPSA) is 38.3 Å². The van der Waals surface area contributed by atoms with E-state index in [0.29, 0.717) is 12.1 Å². The van der Waals surface area contributed by atoms with Crippen LogP contribution in [0.2, 0.25) is 0 Å². The van der Waals surface area contributed by atoms with Gasteiger partial charge in [-0.3, -0.25) is 0 Å². The van der Waals surface area contributed by atoms with Gasteiger partial charge in [-0.2, -0.15) is 5.48 Å². The van der Waals surface area contributed by atoms with Crippen molar-refractivity contribution < 1.29 is 9.63 Å². The number of hydrogen-bond acceptors (Lipinski definition) is 3. The van der Waals surface area contributed by atoms with E-state index in [-0.39, 0.29) is 12.4 Å². The summed E-state index contributed by atoms with van der Waals surface area (Å²) in [6, 6.07) is 0. The average molecular weight is 166 g/mol. The normalized spacial score (nSPS) is 7.80. The Bertz CT molecular complexity index is 125. The molecule has 0 atom stereocenters. The molecular weight excluding hydrogens is 154 g/mol. The van der Waals surface area contributed by atoms with Crippen molar-refractivity contribution in [2.75, 3.05) is 6.54 Å². The number of hydroxylamine groups is 1. The van der Waals surface area contributed by atoms with E-state index >= 15 is 0 Å². The Hall–Kier alpha value is -0.540. The zero-order valence-corrected chi connectivity index (χ0v) is 6.96. The molecule has 0 aromatic carbocycles. The molecule has 0 aromatic rings. The summed E-state index contributed by atoms with van der Waals surface area (Å²) in [7, 11) is 0. The van der Waals surface area contributed by atoms with Crippen LogP contribution >= 0.6 is 12.4 Å². The Morgan fingerprint density at radius 1 is 1.70 bits per heavy atom. The van der Waals surface area contributed by atoms with Gasteiger partial charge >= 0.3 is 5.97 Å². The lowest BCUT2D eigenvalue weighted by Crippen LogP contribution is -2.19. The molecule has 0 amide bonds. The van der Waals surface area contributed by atoms with Crippen LogP contribution in [0.3, 0.4) is 0 Å². The first-order chi connectivity index (χ1) is 4.18. The summed E-state index contributed by atoms with van der Waals surface area (Å²) >= 11 is 0. The third-order valence-corrected chi connectivity index (χ3v) is 0.658. The van der Waals surface area contributed by atoms with E-state index in [0.717, 1.165) is 0 Å². The van der Waals surface area contributed by atoms with Gasteiger partial charge in [0.25, 0.3) is 0 Å². The number of rotatable bonds is 3. The highest BCUT2D eigenvalue weighted by Crippen LogP contribution is 1.87. The fourth-order valence-corrected chi connectivity index (χ4v) is 0.225. The molecule has 0 fully saturated rings. The van der Waals surface area contributed by atoms with Crippen LogP contribution in [-0.2, 0) is 9.63 Å². The molecule has 10 heavy (non-hydrogen) atoms. The van der Waals surface area contributed by atoms with Crippen molar-refractivity contribution in [3.63, 3.8) is 0 Å².